The van der Waals surface area contributed by atoms with E-state index in [-0.39, 0.29) is 11.9 Å². The Kier molecular flexibility index (Phi) is 5.80. The Hall–Kier alpha value is -1.35. The van der Waals surface area contributed by atoms with E-state index in [0.29, 0.717) is 5.92 Å². The van der Waals surface area contributed by atoms with E-state index in [1.54, 1.807) is 0 Å². The van der Waals surface area contributed by atoms with Crippen LogP contribution in [0.3, 0.4) is 0 Å². The molecule has 0 unspecified atom stereocenters. The predicted molar refractivity (Wildman–Crippen MR) is 87.1 cm³/mol. The summed E-state index contributed by atoms with van der Waals surface area (Å²) in [6.07, 6.45) is 3.09. The number of rotatable bonds is 6. The van der Waals surface area contributed by atoms with Gasteiger partial charge in [-0.3, -0.25) is 4.79 Å². The summed E-state index contributed by atoms with van der Waals surface area (Å²) in [5, 5.41) is 3.41. The zero-order valence-electron chi connectivity index (χ0n) is 13.6. The highest BCUT2D eigenvalue weighted by Crippen LogP contribution is 2.18. The van der Waals surface area contributed by atoms with Gasteiger partial charge in [0.1, 0.15) is 0 Å². The number of amides is 1. The molecule has 21 heavy (non-hydrogen) atoms. The Morgan fingerprint density at radius 2 is 1.90 bits per heavy atom. The van der Waals surface area contributed by atoms with Crippen molar-refractivity contribution < 1.29 is 4.79 Å². The highest BCUT2D eigenvalue weighted by molar-refractivity contribution is 5.82. The Balaban J connectivity index is 2.02. The van der Waals surface area contributed by atoms with Gasteiger partial charge in [0.2, 0.25) is 5.91 Å². The zero-order valence-corrected chi connectivity index (χ0v) is 13.6. The number of carbonyl (C=O) groups excluding carboxylic acids is 1. The van der Waals surface area contributed by atoms with E-state index in [0.717, 1.165) is 38.9 Å². The summed E-state index contributed by atoms with van der Waals surface area (Å²) in [4.78, 5) is 14.8. The van der Waals surface area contributed by atoms with Crippen LogP contribution in [0.1, 0.15) is 44.7 Å². The fourth-order valence-corrected chi connectivity index (χ4v) is 3.08. The molecule has 1 aromatic carbocycles. The molecule has 1 aromatic rings. The molecule has 3 nitrogen and oxygen atoms in total. The summed E-state index contributed by atoms with van der Waals surface area (Å²) in [6.45, 7) is 8.99. The van der Waals surface area contributed by atoms with Crippen LogP contribution in [-0.4, -0.2) is 29.9 Å². The molecular weight excluding hydrogens is 260 g/mol. The van der Waals surface area contributed by atoms with Crippen molar-refractivity contribution in [3.63, 3.8) is 0 Å². The second kappa shape index (κ2) is 7.60. The minimum atomic E-state index is -0.0609. The van der Waals surface area contributed by atoms with Gasteiger partial charge in [-0.05, 0) is 30.4 Å². The number of likely N-dealkylation sites (N-methyl/N-ethyl adjacent to an activating group) is 1. The third-order valence-corrected chi connectivity index (χ3v) is 4.71. The number of hydrogen-bond acceptors (Lipinski definition) is 2. The molecular formula is C18H28N2O. The number of carbonyl (C=O) groups is 1. The summed E-state index contributed by atoms with van der Waals surface area (Å²) in [5.41, 5.74) is 2.64. The Labute approximate surface area is 128 Å². The molecule has 1 N–H and O–H groups in total. The Morgan fingerprint density at radius 1 is 1.24 bits per heavy atom. The molecule has 0 saturated carbocycles. The maximum Gasteiger partial charge on any atom is 0.240 e. The molecule has 1 aliphatic rings. The SMILES string of the molecule is CCC(CC)CN(CC)C(=O)[C@@H]1Cc2ccccc2CN1. The van der Waals surface area contributed by atoms with Crippen LogP contribution in [0, 0.1) is 5.92 Å². The van der Waals surface area contributed by atoms with E-state index in [1.165, 1.54) is 11.1 Å². The molecule has 2 rings (SSSR count). The number of nitrogens with one attached hydrogen (secondary N) is 1. The predicted octanol–water partition coefficient (Wildman–Crippen LogP) is 2.99. The van der Waals surface area contributed by atoms with Gasteiger partial charge >= 0.3 is 0 Å². The van der Waals surface area contributed by atoms with Gasteiger partial charge in [-0.2, -0.15) is 0 Å². The van der Waals surface area contributed by atoms with Crippen molar-refractivity contribution in [1.82, 2.24) is 10.2 Å². The maximum atomic E-state index is 12.8. The van der Waals surface area contributed by atoms with Gasteiger partial charge in [0.15, 0.2) is 0 Å². The van der Waals surface area contributed by atoms with Crippen LogP contribution in [0.5, 0.6) is 0 Å². The van der Waals surface area contributed by atoms with E-state index in [1.807, 2.05) is 4.90 Å². The fraction of sp³-hybridized carbons (Fsp3) is 0.611. The molecule has 0 spiro atoms. The smallest absolute Gasteiger partial charge is 0.240 e. The van der Waals surface area contributed by atoms with Crippen LogP contribution in [-0.2, 0) is 17.8 Å². The van der Waals surface area contributed by atoms with Crippen LogP contribution >= 0.6 is 0 Å². The van der Waals surface area contributed by atoms with E-state index in [9.17, 15) is 4.79 Å². The second-order valence-corrected chi connectivity index (χ2v) is 5.97. The van der Waals surface area contributed by atoms with Gasteiger partial charge in [0, 0.05) is 19.6 Å². The third-order valence-electron chi connectivity index (χ3n) is 4.71. The first-order valence-corrected chi connectivity index (χ1v) is 8.28. The number of hydrogen-bond donors (Lipinski definition) is 1. The van der Waals surface area contributed by atoms with Gasteiger partial charge in [-0.15, -0.1) is 0 Å². The Bertz CT molecular complexity index is 468. The van der Waals surface area contributed by atoms with Crippen LogP contribution in [0.4, 0.5) is 0 Å². The highest BCUT2D eigenvalue weighted by Gasteiger charge is 2.27. The summed E-state index contributed by atoms with van der Waals surface area (Å²) in [5.74, 6) is 0.878. The lowest BCUT2D eigenvalue weighted by Gasteiger charge is -2.32. The van der Waals surface area contributed by atoms with E-state index in [2.05, 4.69) is 50.4 Å². The third kappa shape index (κ3) is 3.85. The average Bonchev–Trinajstić information content (AvgIpc) is 2.55. The first-order valence-electron chi connectivity index (χ1n) is 8.28. The van der Waals surface area contributed by atoms with Gasteiger partial charge in [-0.25, -0.2) is 0 Å². The first-order chi connectivity index (χ1) is 10.2. The molecule has 1 atom stereocenters. The lowest BCUT2D eigenvalue weighted by Crippen LogP contribution is -2.50. The minimum Gasteiger partial charge on any atom is -0.341 e. The topological polar surface area (TPSA) is 32.3 Å². The van der Waals surface area contributed by atoms with Gasteiger partial charge in [0.05, 0.1) is 6.04 Å². The first kappa shape index (κ1) is 16.0. The number of nitrogens with zero attached hydrogens (tertiary/aromatic N) is 1. The van der Waals surface area contributed by atoms with Gasteiger partial charge in [0.25, 0.3) is 0 Å². The molecule has 0 saturated heterocycles. The highest BCUT2D eigenvalue weighted by atomic mass is 16.2. The van der Waals surface area contributed by atoms with Crippen LogP contribution in [0.2, 0.25) is 0 Å². The summed E-state index contributed by atoms with van der Waals surface area (Å²) in [7, 11) is 0. The molecule has 0 bridgehead atoms. The van der Waals surface area contributed by atoms with E-state index < -0.39 is 0 Å². The maximum absolute atomic E-state index is 12.8. The van der Waals surface area contributed by atoms with Crippen LogP contribution in [0.25, 0.3) is 0 Å². The van der Waals surface area contributed by atoms with E-state index in [4.69, 9.17) is 0 Å². The van der Waals surface area contributed by atoms with Crippen LogP contribution in [0.15, 0.2) is 24.3 Å². The standard InChI is InChI=1S/C18H28N2O/c1-4-14(5-2)13-20(6-3)18(21)17-11-15-9-7-8-10-16(15)12-19-17/h7-10,14,17,19H,4-6,11-13H2,1-3H3/t17-/m0/s1. The number of benzene rings is 1. The van der Waals surface area contributed by atoms with Crippen molar-refractivity contribution in [2.24, 2.45) is 5.92 Å². The lowest BCUT2D eigenvalue weighted by molar-refractivity contribution is -0.134. The van der Waals surface area contributed by atoms with Crippen molar-refractivity contribution in [3.8, 4) is 0 Å². The second-order valence-electron chi connectivity index (χ2n) is 5.97. The van der Waals surface area contributed by atoms with Gasteiger partial charge < -0.3 is 10.2 Å². The molecule has 1 heterocycles. The van der Waals surface area contributed by atoms with Crippen LogP contribution < -0.4 is 5.32 Å². The summed E-state index contributed by atoms with van der Waals surface area (Å²) >= 11 is 0. The van der Waals surface area contributed by atoms with Crippen molar-refractivity contribution in [2.75, 3.05) is 13.1 Å². The van der Waals surface area contributed by atoms with E-state index >= 15 is 0 Å². The summed E-state index contributed by atoms with van der Waals surface area (Å²) < 4.78 is 0. The molecule has 0 aliphatic carbocycles. The molecule has 3 heteroatoms. The fourth-order valence-electron chi connectivity index (χ4n) is 3.08. The molecule has 1 aliphatic heterocycles. The monoisotopic (exact) mass is 288 g/mol. The minimum absolute atomic E-state index is 0.0609. The summed E-state index contributed by atoms with van der Waals surface area (Å²) in [6, 6.07) is 8.36. The molecule has 0 aromatic heterocycles. The largest absolute Gasteiger partial charge is 0.341 e. The zero-order chi connectivity index (χ0) is 15.2. The van der Waals surface area contributed by atoms with Crippen molar-refractivity contribution in [3.05, 3.63) is 35.4 Å². The number of fused-ring (bicyclic) bond motifs is 1. The molecule has 0 fully saturated rings. The van der Waals surface area contributed by atoms with Crippen molar-refractivity contribution in [1.29, 1.82) is 0 Å². The quantitative estimate of drug-likeness (QED) is 0.873. The lowest BCUT2D eigenvalue weighted by atomic mass is 9.94. The Morgan fingerprint density at radius 3 is 2.52 bits per heavy atom. The van der Waals surface area contributed by atoms with Crippen molar-refractivity contribution >= 4 is 5.91 Å². The molecule has 0 radical (unpaired) electrons. The van der Waals surface area contributed by atoms with Crippen molar-refractivity contribution in [2.45, 2.75) is 52.6 Å². The normalized spacial score (nSPS) is 17.6. The van der Waals surface area contributed by atoms with Gasteiger partial charge in [-0.1, -0.05) is 51.0 Å². The molecule has 1 amide bonds. The average molecular weight is 288 g/mol. The molecule has 116 valence electrons.